The topological polar surface area (TPSA) is 150 Å². The van der Waals surface area contributed by atoms with E-state index in [-0.39, 0.29) is 30.8 Å². The van der Waals surface area contributed by atoms with Gasteiger partial charge in [-0.15, -0.1) is 23.7 Å². The van der Waals surface area contributed by atoms with Gasteiger partial charge in [-0.2, -0.15) is 0 Å². The summed E-state index contributed by atoms with van der Waals surface area (Å²) in [5.41, 5.74) is 8.51. The lowest BCUT2D eigenvalue weighted by molar-refractivity contribution is -0.142. The third-order valence-corrected chi connectivity index (χ3v) is 7.57. The molecular weight excluding hydrogens is 510 g/mol. The van der Waals surface area contributed by atoms with Gasteiger partial charge < -0.3 is 20.7 Å². The zero-order chi connectivity index (χ0) is 25.1. The number of thiazole rings is 1. The van der Waals surface area contributed by atoms with Gasteiger partial charge in [-0.25, -0.2) is 9.78 Å². The average Bonchev–Trinajstić information content (AvgIpc) is 3.56. The molecule has 1 aromatic rings. The minimum absolute atomic E-state index is 0. The van der Waals surface area contributed by atoms with Crippen LogP contribution >= 0.6 is 23.7 Å². The molecule has 36 heavy (non-hydrogen) atoms. The Morgan fingerprint density at radius 1 is 1.33 bits per heavy atom. The summed E-state index contributed by atoms with van der Waals surface area (Å²) in [4.78, 5) is 60.8. The van der Waals surface area contributed by atoms with Crippen molar-refractivity contribution in [3.05, 3.63) is 16.6 Å². The molecule has 4 rings (SSSR count). The van der Waals surface area contributed by atoms with Gasteiger partial charge in [-0.3, -0.25) is 29.5 Å². The van der Waals surface area contributed by atoms with Crippen LogP contribution in [0.5, 0.6) is 0 Å². The van der Waals surface area contributed by atoms with E-state index in [0.717, 1.165) is 18.8 Å². The van der Waals surface area contributed by atoms with Crippen molar-refractivity contribution in [3.8, 4) is 0 Å². The summed E-state index contributed by atoms with van der Waals surface area (Å²) in [5, 5.41) is 7.56. The molecular formula is C22H34ClN7O5S. The van der Waals surface area contributed by atoms with E-state index >= 15 is 0 Å². The molecule has 3 fully saturated rings. The van der Waals surface area contributed by atoms with Gasteiger partial charge in [0.2, 0.25) is 11.8 Å². The van der Waals surface area contributed by atoms with Crippen LogP contribution in [0.4, 0.5) is 4.79 Å². The number of imide groups is 1. The molecule has 0 spiro atoms. The molecule has 200 valence electrons. The first kappa shape index (κ1) is 28.3. The summed E-state index contributed by atoms with van der Waals surface area (Å²) in [6.07, 6.45) is 0.0759. The van der Waals surface area contributed by atoms with Gasteiger partial charge in [-0.05, 0) is 26.8 Å². The minimum atomic E-state index is -0.931. The maximum absolute atomic E-state index is 13.2. The molecule has 0 bridgehead atoms. The number of rotatable bonds is 7. The highest BCUT2D eigenvalue weighted by atomic mass is 35.5. The number of hydrogen-bond acceptors (Lipinski definition) is 10. The highest BCUT2D eigenvalue weighted by Crippen LogP contribution is 2.23. The lowest BCUT2D eigenvalue weighted by atomic mass is 10.1. The van der Waals surface area contributed by atoms with Crippen LogP contribution in [-0.2, 0) is 25.5 Å². The number of carbonyl (C=O) groups excluding carboxylic acids is 4. The first-order valence-electron chi connectivity index (χ1n) is 11.9. The first-order chi connectivity index (χ1) is 16.8. The Balaban J connectivity index is 0.00000361. The Hall–Kier alpha value is -2.32. The fourth-order valence-corrected chi connectivity index (χ4v) is 5.51. The Bertz CT molecular complexity index is 951. The SMILES string of the molecule is C[C@@H]1OC(=O)N(CC2CNCCN2C)[C@@H]1C(=O)NC(=O)[C@@H]1CCCN1C(=O)[C@@H](N)Cc1cscn1.Cl. The molecule has 0 saturated carbocycles. The summed E-state index contributed by atoms with van der Waals surface area (Å²) in [6.45, 7) is 4.70. The number of nitrogens with zero attached hydrogens (tertiary/aromatic N) is 4. The molecule has 3 saturated heterocycles. The minimum Gasteiger partial charge on any atom is -0.444 e. The largest absolute Gasteiger partial charge is 0.444 e. The summed E-state index contributed by atoms with van der Waals surface area (Å²) in [5.74, 6) is -1.51. The van der Waals surface area contributed by atoms with Gasteiger partial charge in [0.15, 0.2) is 6.04 Å². The number of carbonyl (C=O) groups is 4. The molecule has 0 aliphatic carbocycles. The number of nitrogens with one attached hydrogen (secondary N) is 2. The summed E-state index contributed by atoms with van der Waals surface area (Å²) < 4.78 is 5.32. The van der Waals surface area contributed by atoms with Crippen molar-refractivity contribution in [2.24, 2.45) is 5.73 Å². The van der Waals surface area contributed by atoms with E-state index in [1.807, 2.05) is 12.4 Å². The van der Waals surface area contributed by atoms with E-state index in [0.29, 0.717) is 32.5 Å². The van der Waals surface area contributed by atoms with Crippen molar-refractivity contribution in [1.82, 2.24) is 30.3 Å². The molecule has 0 radical (unpaired) electrons. The monoisotopic (exact) mass is 543 g/mol. The Labute approximate surface area is 220 Å². The number of nitrogens with two attached hydrogens (primary N) is 1. The Morgan fingerprint density at radius 2 is 2.11 bits per heavy atom. The smallest absolute Gasteiger partial charge is 0.410 e. The maximum Gasteiger partial charge on any atom is 0.410 e. The molecule has 1 aromatic heterocycles. The second-order valence-corrected chi connectivity index (χ2v) is 10.1. The van der Waals surface area contributed by atoms with Crippen LogP contribution in [0.25, 0.3) is 0 Å². The Morgan fingerprint density at radius 3 is 2.81 bits per heavy atom. The van der Waals surface area contributed by atoms with Gasteiger partial charge in [0.05, 0.1) is 17.2 Å². The number of likely N-dealkylation sites (N-methyl/N-ethyl adjacent to an activating group) is 1. The van der Waals surface area contributed by atoms with Gasteiger partial charge >= 0.3 is 6.09 Å². The zero-order valence-corrected chi connectivity index (χ0v) is 22.1. The number of amides is 4. The quantitative estimate of drug-likeness (QED) is 0.375. The molecule has 3 aliphatic rings. The second-order valence-electron chi connectivity index (χ2n) is 9.36. The van der Waals surface area contributed by atoms with E-state index < -0.39 is 42.1 Å². The normalized spacial score (nSPS) is 27.4. The van der Waals surface area contributed by atoms with Crippen molar-refractivity contribution in [2.45, 2.75) is 56.5 Å². The molecule has 14 heteroatoms. The van der Waals surface area contributed by atoms with Crippen LogP contribution in [0.3, 0.4) is 0 Å². The van der Waals surface area contributed by atoms with Crippen molar-refractivity contribution < 1.29 is 23.9 Å². The van der Waals surface area contributed by atoms with Gasteiger partial charge in [0, 0.05) is 50.6 Å². The predicted octanol–water partition coefficient (Wildman–Crippen LogP) is -0.819. The Kier molecular flexibility index (Phi) is 9.64. The summed E-state index contributed by atoms with van der Waals surface area (Å²) in [6, 6.07) is -2.52. The number of ether oxygens (including phenoxy) is 1. The molecule has 1 unspecified atom stereocenters. The maximum atomic E-state index is 13.2. The van der Waals surface area contributed by atoms with Crippen LogP contribution in [0.15, 0.2) is 10.9 Å². The van der Waals surface area contributed by atoms with Crippen molar-refractivity contribution in [3.63, 3.8) is 0 Å². The lowest BCUT2D eigenvalue weighted by Gasteiger charge is -2.36. The fourth-order valence-electron chi connectivity index (χ4n) is 4.94. The van der Waals surface area contributed by atoms with Crippen LogP contribution in [-0.4, -0.2) is 114 Å². The number of hydrogen-bond donors (Lipinski definition) is 3. The van der Waals surface area contributed by atoms with Crippen molar-refractivity contribution in [1.29, 1.82) is 0 Å². The van der Waals surface area contributed by atoms with Gasteiger partial charge in [-0.1, -0.05) is 0 Å². The van der Waals surface area contributed by atoms with Crippen LogP contribution in [0.2, 0.25) is 0 Å². The van der Waals surface area contributed by atoms with Crippen molar-refractivity contribution in [2.75, 3.05) is 39.8 Å². The number of aromatic nitrogens is 1. The molecule has 4 heterocycles. The van der Waals surface area contributed by atoms with E-state index in [1.165, 1.54) is 21.1 Å². The predicted molar refractivity (Wildman–Crippen MR) is 135 cm³/mol. The third kappa shape index (κ3) is 6.14. The molecule has 4 N–H and O–H groups in total. The second kappa shape index (κ2) is 12.3. The summed E-state index contributed by atoms with van der Waals surface area (Å²) >= 11 is 1.42. The first-order valence-corrected chi connectivity index (χ1v) is 12.9. The third-order valence-electron chi connectivity index (χ3n) is 6.94. The number of cyclic esters (lactones) is 1. The molecule has 12 nitrogen and oxygen atoms in total. The van der Waals surface area contributed by atoms with E-state index in [2.05, 4.69) is 20.5 Å². The van der Waals surface area contributed by atoms with Crippen LogP contribution in [0, 0.1) is 0 Å². The fraction of sp³-hybridized carbons (Fsp3) is 0.682. The average molecular weight is 544 g/mol. The van der Waals surface area contributed by atoms with Gasteiger partial charge in [0.25, 0.3) is 5.91 Å². The molecule has 3 aliphatic heterocycles. The van der Waals surface area contributed by atoms with Gasteiger partial charge in [0.1, 0.15) is 12.1 Å². The van der Waals surface area contributed by atoms with Crippen LogP contribution in [0.1, 0.15) is 25.5 Å². The molecule has 5 atom stereocenters. The number of likely N-dealkylation sites (tertiary alicyclic amines) is 1. The standard InChI is InChI=1S/C22H33N7O5S.ClH/c1-13-18(29(22(33)34-13)10-15-9-24-5-7-27(15)2)20(31)26-19(30)17-4-3-6-28(17)21(32)16(23)8-14-11-35-12-25-14;/h11-13,15-18,24H,3-10,23H2,1-2H3,(H,26,30,31);1H/t13-,15?,16-,17-,18-;/m0./s1. The van der Waals surface area contributed by atoms with E-state index in [1.54, 1.807) is 12.4 Å². The highest BCUT2D eigenvalue weighted by Gasteiger charge is 2.46. The zero-order valence-electron chi connectivity index (χ0n) is 20.4. The van der Waals surface area contributed by atoms with Crippen molar-refractivity contribution >= 4 is 47.6 Å². The number of piperazine rings is 1. The number of halogens is 1. The van der Waals surface area contributed by atoms with Crippen LogP contribution < -0.4 is 16.4 Å². The van der Waals surface area contributed by atoms with E-state index in [9.17, 15) is 19.2 Å². The highest BCUT2D eigenvalue weighted by molar-refractivity contribution is 7.07. The molecule has 0 aromatic carbocycles. The van der Waals surface area contributed by atoms with E-state index in [4.69, 9.17) is 10.5 Å². The molecule has 4 amide bonds. The lowest BCUT2D eigenvalue weighted by Crippen LogP contribution is -2.59. The summed E-state index contributed by atoms with van der Waals surface area (Å²) in [7, 11) is 1.97.